The third-order valence-corrected chi connectivity index (χ3v) is 6.54. The first-order valence-corrected chi connectivity index (χ1v) is 12.9. The second kappa shape index (κ2) is 11.8. The van der Waals surface area contributed by atoms with Crippen LogP contribution in [-0.4, -0.2) is 19.6 Å². The second-order valence-electron chi connectivity index (χ2n) is 9.18. The third kappa shape index (κ3) is 5.88. The van der Waals surface area contributed by atoms with Gasteiger partial charge >= 0.3 is 0 Å². The number of allylic oxidation sites excluding steroid dienone is 1. The van der Waals surface area contributed by atoms with Crippen LogP contribution in [0.4, 0.5) is 5.69 Å². The number of amides is 1. The van der Waals surface area contributed by atoms with Gasteiger partial charge in [-0.2, -0.15) is 0 Å². The van der Waals surface area contributed by atoms with Crippen LogP contribution in [0.2, 0.25) is 0 Å². The van der Waals surface area contributed by atoms with Crippen LogP contribution >= 0.6 is 0 Å². The van der Waals surface area contributed by atoms with E-state index in [-0.39, 0.29) is 5.91 Å². The molecule has 4 aromatic rings. The molecule has 1 N–H and O–H groups in total. The van der Waals surface area contributed by atoms with Crippen LogP contribution in [0.15, 0.2) is 71.4 Å². The third-order valence-electron chi connectivity index (χ3n) is 6.54. The molecule has 0 saturated heterocycles. The summed E-state index contributed by atoms with van der Waals surface area (Å²) in [5.74, 6) is 1.34. The number of carbonyl (C=O) groups excluding carboxylic acids is 1. The van der Waals surface area contributed by atoms with Crippen LogP contribution < -0.4 is 14.8 Å². The lowest BCUT2D eigenvalue weighted by Gasteiger charge is -2.13. The average Bonchev–Trinajstić information content (AvgIpc) is 3.33. The Balaban J connectivity index is 1.63. The molecule has 1 heterocycles. The van der Waals surface area contributed by atoms with E-state index in [0.717, 1.165) is 69.5 Å². The standard InChI is InChI=1S/C32H35NO4/c1-6-8-9-23-10-14-25(15-11-23)33-30(34)18-21(3)27-19-28-29(20-37-32(28)22(4)31(27)35-5)24-12-16-26(17-13-24)36-7-2/h10-20H,6-9H2,1-5H3,(H,33,34)/b21-18+. The van der Waals surface area contributed by atoms with Gasteiger partial charge in [0.1, 0.15) is 17.1 Å². The molecule has 192 valence electrons. The van der Waals surface area contributed by atoms with E-state index in [1.54, 1.807) is 19.4 Å². The molecule has 0 fully saturated rings. The lowest BCUT2D eigenvalue weighted by molar-refractivity contribution is -0.111. The van der Waals surface area contributed by atoms with E-state index < -0.39 is 0 Å². The molecule has 3 aromatic carbocycles. The Kier molecular flexibility index (Phi) is 8.34. The van der Waals surface area contributed by atoms with Crippen molar-refractivity contribution < 1.29 is 18.7 Å². The number of unbranched alkanes of at least 4 members (excludes halogenated alkanes) is 1. The van der Waals surface area contributed by atoms with Crippen molar-refractivity contribution >= 4 is 28.1 Å². The van der Waals surface area contributed by atoms with Crippen LogP contribution in [0.1, 0.15) is 50.3 Å². The zero-order valence-corrected chi connectivity index (χ0v) is 22.3. The fraction of sp³-hybridized carbons (Fsp3) is 0.281. The van der Waals surface area contributed by atoms with Crippen molar-refractivity contribution in [3.63, 3.8) is 0 Å². The minimum atomic E-state index is -0.183. The van der Waals surface area contributed by atoms with Gasteiger partial charge in [-0.15, -0.1) is 0 Å². The van der Waals surface area contributed by atoms with Crippen LogP contribution in [0, 0.1) is 6.92 Å². The van der Waals surface area contributed by atoms with Crippen LogP contribution in [-0.2, 0) is 11.2 Å². The van der Waals surface area contributed by atoms with Gasteiger partial charge < -0.3 is 19.2 Å². The summed E-state index contributed by atoms with van der Waals surface area (Å²) in [6.07, 6.45) is 6.77. The Morgan fingerprint density at radius 1 is 1.05 bits per heavy atom. The SMILES string of the molecule is CCCCc1ccc(NC(=O)/C=C(\C)c2cc3c(-c4ccc(OCC)cc4)coc3c(C)c2OC)cc1. The van der Waals surface area contributed by atoms with Crippen molar-refractivity contribution in [1.82, 2.24) is 0 Å². The van der Waals surface area contributed by atoms with E-state index in [9.17, 15) is 4.79 Å². The van der Waals surface area contributed by atoms with Gasteiger partial charge in [0, 0.05) is 33.8 Å². The van der Waals surface area contributed by atoms with Crippen LogP contribution in [0.5, 0.6) is 11.5 Å². The van der Waals surface area contributed by atoms with E-state index in [1.807, 2.05) is 63.2 Å². The van der Waals surface area contributed by atoms with E-state index >= 15 is 0 Å². The number of hydrogen-bond donors (Lipinski definition) is 1. The number of fused-ring (bicyclic) bond motifs is 1. The first-order valence-electron chi connectivity index (χ1n) is 12.9. The summed E-state index contributed by atoms with van der Waals surface area (Å²) >= 11 is 0. The van der Waals surface area contributed by atoms with Crippen molar-refractivity contribution in [1.29, 1.82) is 0 Å². The van der Waals surface area contributed by atoms with E-state index in [4.69, 9.17) is 13.9 Å². The number of nitrogens with one attached hydrogen (secondary N) is 1. The molecule has 4 rings (SSSR count). The molecule has 0 saturated carbocycles. The van der Waals surface area contributed by atoms with Gasteiger partial charge in [-0.1, -0.05) is 37.6 Å². The van der Waals surface area contributed by atoms with Gasteiger partial charge in [0.15, 0.2) is 0 Å². The summed E-state index contributed by atoms with van der Waals surface area (Å²) in [6, 6.07) is 18.1. The molecule has 0 radical (unpaired) electrons. The van der Waals surface area contributed by atoms with Crippen molar-refractivity contribution in [2.45, 2.75) is 47.0 Å². The molecule has 0 bridgehead atoms. The predicted octanol–water partition coefficient (Wildman–Crippen LogP) is 8.20. The Morgan fingerprint density at radius 3 is 2.43 bits per heavy atom. The number of benzene rings is 3. The highest BCUT2D eigenvalue weighted by atomic mass is 16.5. The summed E-state index contributed by atoms with van der Waals surface area (Å²) in [6.45, 7) is 8.68. The molecule has 0 unspecified atom stereocenters. The molecular weight excluding hydrogens is 462 g/mol. The first-order chi connectivity index (χ1) is 17.9. The predicted molar refractivity (Wildman–Crippen MR) is 151 cm³/mol. The molecule has 37 heavy (non-hydrogen) atoms. The maximum Gasteiger partial charge on any atom is 0.248 e. The van der Waals surface area contributed by atoms with Gasteiger partial charge in [-0.25, -0.2) is 0 Å². The van der Waals surface area contributed by atoms with Gasteiger partial charge in [-0.05, 0) is 80.6 Å². The molecular formula is C32H35NO4. The van der Waals surface area contributed by atoms with Gasteiger partial charge in [0.2, 0.25) is 5.91 Å². The quantitative estimate of drug-likeness (QED) is 0.224. The smallest absolute Gasteiger partial charge is 0.248 e. The van der Waals surface area contributed by atoms with E-state index in [0.29, 0.717) is 12.4 Å². The number of ether oxygens (including phenoxy) is 2. The van der Waals surface area contributed by atoms with Crippen LogP contribution in [0.25, 0.3) is 27.7 Å². The van der Waals surface area contributed by atoms with Crippen molar-refractivity contribution in [2.24, 2.45) is 0 Å². The fourth-order valence-electron chi connectivity index (χ4n) is 4.58. The lowest BCUT2D eigenvalue weighted by Crippen LogP contribution is -2.08. The highest BCUT2D eigenvalue weighted by Gasteiger charge is 2.19. The molecule has 1 amide bonds. The Labute approximate surface area is 219 Å². The average molecular weight is 498 g/mol. The molecule has 0 aliphatic heterocycles. The van der Waals surface area contributed by atoms with Gasteiger partial charge in [-0.3, -0.25) is 4.79 Å². The number of furan rings is 1. The van der Waals surface area contributed by atoms with Crippen LogP contribution in [0.3, 0.4) is 0 Å². The normalized spacial score (nSPS) is 11.5. The Bertz CT molecular complexity index is 1400. The molecule has 0 spiro atoms. The second-order valence-corrected chi connectivity index (χ2v) is 9.18. The molecule has 0 atom stereocenters. The highest BCUT2D eigenvalue weighted by molar-refractivity contribution is 6.06. The highest BCUT2D eigenvalue weighted by Crippen LogP contribution is 2.40. The number of rotatable bonds is 10. The minimum Gasteiger partial charge on any atom is -0.496 e. The summed E-state index contributed by atoms with van der Waals surface area (Å²) in [5, 5.41) is 3.94. The first kappa shape index (κ1) is 26.1. The lowest BCUT2D eigenvalue weighted by atomic mass is 9.96. The van der Waals surface area contributed by atoms with Crippen molar-refractivity contribution in [3.8, 4) is 22.6 Å². The zero-order chi connectivity index (χ0) is 26.4. The maximum absolute atomic E-state index is 12.9. The molecule has 0 aliphatic rings. The molecule has 0 aliphatic carbocycles. The maximum atomic E-state index is 12.9. The summed E-state index contributed by atoms with van der Waals surface area (Å²) < 4.78 is 17.3. The topological polar surface area (TPSA) is 60.7 Å². The molecule has 1 aromatic heterocycles. The summed E-state index contributed by atoms with van der Waals surface area (Å²) in [4.78, 5) is 12.9. The fourth-order valence-corrected chi connectivity index (χ4v) is 4.58. The number of anilines is 1. The number of aryl methyl sites for hydroxylation is 2. The monoisotopic (exact) mass is 497 g/mol. The van der Waals surface area contributed by atoms with Gasteiger partial charge in [0.25, 0.3) is 0 Å². The number of hydrogen-bond acceptors (Lipinski definition) is 4. The van der Waals surface area contributed by atoms with E-state index in [1.165, 1.54) is 5.56 Å². The summed E-state index contributed by atoms with van der Waals surface area (Å²) in [5.41, 5.74) is 7.38. The Hall–Kier alpha value is -3.99. The largest absolute Gasteiger partial charge is 0.496 e. The van der Waals surface area contributed by atoms with E-state index in [2.05, 4.69) is 24.4 Å². The number of methoxy groups -OCH3 is 1. The van der Waals surface area contributed by atoms with Crippen molar-refractivity contribution in [3.05, 3.63) is 83.6 Å². The molecule has 5 nitrogen and oxygen atoms in total. The summed E-state index contributed by atoms with van der Waals surface area (Å²) in [7, 11) is 1.64. The molecule has 5 heteroatoms. The van der Waals surface area contributed by atoms with Gasteiger partial charge in [0.05, 0.1) is 20.0 Å². The van der Waals surface area contributed by atoms with Crippen molar-refractivity contribution in [2.75, 3.05) is 19.0 Å². The number of carbonyl (C=O) groups is 1. The zero-order valence-electron chi connectivity index (χ0n) is 22.3. The minimum absolute atomic E-state index is 0.183. The Morgan fingerprint density at radius 2 is 1.78 bits per heavy atom.